The average molecular weight is 268 g/mol. The summed E-state index contributed by atoms with van der Waals surface area (Å²) >= 11 is 0. The number of aliphatic hydroxyl groups excluding tert-OH is 1. The molecule has 1 aromatic rings. The van der Waals surface area contributed by atoms with Gasteiger partial charge in [-0.3, -0.25) is 9.59 Å². The normalized spacial score (nSPS) is 11.8. The van der Waals surface area contributed by atoms with Crippen LogP contribution in [0.3, 0.4) is 0 Å². The number of aliphatic hydroxyl groups is 1. The molecule has 0 unspecified atom stereocenters. The Labute approximate surface area is 110 Å². The number of carbonyl (C=O) groups is 2. The molecule has 0 radical (unpaired) electrons. The minimum atomic E-state index is -0.888. The van der Waals surface area contributed by atoms with Gasteiger partial charge in [0.1, 0.15) is 5.82 Å². The zero-order valence-electron chi connectivity index (χ0n) is 10.9. The SMILES string of the molecule is CC[C@@H](CO)NC(=O)C(=O)Nc1cc(F)ccc1C. The molecule has 0 aliphatic carbocycles. The van der Waals surface area contributed by atoms with Crippen LogP contribution < -0.4 is 10.6 Å². The van der Waals surface area contributed by atoms with Crippen LogP contribution >= 0.6 is 0 Å². The molecule has 0 aliphatic rings. The van der Waals surface area contributed by atoms with Crippen molar-refractivity contribution in [1.82, 2.24) is 5.32 Å². The van der Waals surface area contributed by atoms with Gasteiger partial charge in [0.15, 0.2) is 0 Å². The Morgan fingerprint density at radius 3 is 2.63 bits per heavy atom. The second-order valence-corrected chi connectivity index (χ2v) is 4.17. The van der Waals surface area contributed by atoms with Crippen molar-refractivity contribution in [2.75, 3.05) is 11.9 Å². The number of halogens is 1. The van der Waals surface area contributed by atoms with Gasteiger partial charge in [0, 0.05) is 5.69 Å². The molecule has 0 heterocycles. The van der Waals surface area contributed by atoms with Crippen molar-refractivity contribution in [2.45, 2.75) is 26.3 Å². The van der Waals surface area contributed by atoms with Gasteiger partial charge in [0.25, 0.3) is 0 Å². The fourth-order valence-electron chi connectivity index (χ4n) is 1.44. The lowest BCUT2D eigenvalue weighted by Crippen LogP contribution is -2.43. The van der Waals surface area contributed by atoms with Crippen LogP contribution in [0.4, 0.5) is 10.1 Å². The van der Waals surface area contributed by atoms with Crippen LogP contribution in [0.15, 0.2) is 18.2 Å². The van der Waals surface area contributed by atoms with Crippen LogP contribution in [0.5, 0.6) is 0 Å². The molecule has 2 amide bonds. The van der Waals surface area contributed by atoms with Crippen LogP contribution in [0, 0.1) is 12.7 Å². The average Bonchev–Trinajstić information content (AvgIpc) is 2.39. The Morgan fingerprint density at radius 1 is 1.37 bits per heavy atom. The third-order valence-electron chi connectivity index (χ3n) is 2.70. The van der Waals surface area contributed by atoms with Crippen LogP contribution in [-0.4, -0.2) is 29.6 Å². The molecule has 0 aliphatic heterocycles. The molecule has 0 saturated heterocycles. The first-order valence-electron chi connectivity index (χ1n) is 5.96. The molecule has 19 heavy (non-hydrogen) atoms. The highest BCUT2D eigenvalue weighted by Gasteiger charge is 2.18. The predicted molar refractivity (Wildman–Crippen MR) is 69.1 cm³/mol. The van der Waals surface area contributed by atoms with Gasteiger partial charge in [-0.05, 0) is 31.0 Å². The van der Waals surface area contributed by atoms with Crippen LogP contribution in [0.1, 0.15) is 18.9 Å². The van der Waals surface area contributed by atoms with E-state index in [0.29, 0.717) is 12.0 Å². The number of hydrogen-bond acceptors (Lipinski definition) is 3. The Balaban J connectivity index is 2.69. The van der Waals surface area contributed by atoms with E-state index in [1.807, 2.05) is 0 Å². The summed E-state index contributed by atoms with van der Waals surface area (Å²) < 4.78 is 13.0. The van der Waals surface area contributed by atoms with Gasteiger partial charge in [-0.2, -0.15) is 0 Å². The standard InChI is InChI=1S/C13H17FN2O3/c1-3-10(7-17)15-12(18)13(19)16-11-6-9(14)5-4-8(11)2/h4-6,10,17H,3,7H2,1-2H3,(H,15,18)(H,16,19)/t10-/m0/s1. The van der Waals surface area contributed by atoms with Gasteiger partial charge < -0.3 is 15.7 Å². The Morgan fingerprint density at radius 2 is 2.05 bits per heavy atom. The first-order chi connectivity index (χ1) is 8.97. The lowest BCUT2D eigenvalue weighted by molar-refractivity contribution is -0.136. The number of amides is 2. The molecule has 0 aromatic heterocycles. The molecule has 1 atom stereocenters. The largest absolute Gasteiger partial charge is 0.394 e. The number of hydrogen-bond donors (Lipinski definition) is 3. The van der Waals surface area contributed by atoms with E-state index in [-0.39, 0.29) is 12.3 Å². The number of nitrogens with one attached hydrogen (secondary N) is 2. The summed E-state index contributed by atoms with van der Waals surface area (Å²) in [7, 11) is 0. The molecular formula is C13H17FN2O3. The lowest BCUT2D eigenvalue weighted by atomic mass is 10.2. The zero-order valence-corrected chi connectivity index (χ0v) is 10.9. The van der Waals surface area contributed by atoms with Crippen molar-refractivity contribution >= 4 is 17.5 Å². The fraction of sp³-hybridized carbons (Fsp3) is 0.385. The molecule has 3 N–H and O–H groups in total. The Hall–Kier alpha value is -1.95. The summed E-state index contributed by atoms with van der Waals surface area (Å²) in [6.07, 6.45) is 0.508. The van der Waals surface area contributed by atoms with E-state index in [0.717, 1.165) is 6.07 Å². The highest BCUT2D eigenvalue weighted by atomic mass is 19.1. The van der Waals surface area contributed by atoms with Crippen molar-refractivity contribution < 1.29 is 19.1 Å². The molecular weight excluding hydrogens is 251 g/mol. The molecule has 104 valence electrons. The first kappa shape index (κ1) is 15.1. The van der Waals surface area contributed by atoms with Gasteiger partial charge in [-0.25, -0.2) is 4.39 Å². The summed E-state index contributed by atoms with van der Waals surface area (Å²) in [5.74, 6) is -2.24. The zero-order chi connectivity index (χ0) is 14.4. The van der Waals surface area contributed by atoms with Crippen LogP contribution in [-0.2, 0) is 9.59 Å². The van der Waals surface area contributed by atoms with Crippen molar-refractivity contribution in [3.05, 3.63) is 29.6 Å². The molecule has 0 fully saturated rings. The van der Waals surface area contributed by atoms with Gasteiger partial charge in [-0.1, -0.05) is 13.0 Å². The monoisotopic (exact) mass is 268 g/mol. The molecule has 0 bridgehead atoms. The summed E-state index contributed by atoms with van der Waals surface area (Å²) in [5, 5.41) is 13.6. The molecule has 0 spiro atoms. The number of anilines is 1. The number of aryl methyl sites for hydroxylation is 1. The second kappa shape index (κ2) is 6.84. The Kier molecular flexibility index (Phi) is 5.44. The van der Waals surface area contributed by atoms with E-state index in [1.54, 1.807) is 13.8 Å². The number of benzene rings is 1. The third kappa shape index (κ3) is 4.33. The van der Waals surface area contributed by atoms with E-state index in [2.05, 4.69) is 10.6 Å². The van der Waals surface area contributed by atoms with Crippen LogP contribution in [0.2, 0.25) is 0 Å². The van der Waals surface area contributed by atoms with Crippen molar-refractivity contribution in [1.29, 1.82) is 0 Å². The maximum atomic E-state index is 13.0. The summed E-state index contributed by atoms with van der Waals surface area (Å²) in [4.78, 5) is 23.2. The molecule has 1 rings (SSSR count). The highest BCUT2D eigenvalue weighted by molar-refractivity contribution is 6.39. The second-order valence-electron chi connectivity index (χ2n) is 4.17. The van der Waals surface area contributed by atoms with E-state index in [1.165, 1.54) is 12.1 Å². The van der Waals surface area contributed by atoms with E-state index in [9.17, 15) is 14.0 Å². The summed E-state index contributed by atoms with van der Waals surface area (Å²) in [5.41, 5.74) is 0.897. The fourth-order valence-corrected chi connectivity index (χ4v) is 1.44. The van der Waals surface area contributed by atoms with E-state index in [4.69, 9.17) is 5.11 Å². The lowest BCUT2D eigenvalue weighted by Gasteiger charge is -2.14. The minimum Gasteiger partial charge on any atom is -0.394 e. The summed E-state index contributed by atoms with van der Waals surface area (Å²) in [6, 6.07) is 3.45. The van der Waals surface area contributed by atoms with Crippen LogP contribution in [0.25, 0.3) is 0 Å². The highest BCUT2D eigenvalue weighted by Crippen LogP contribution is 2.15. The Bertz CT molecular complexity index is 473. The topological polar surface area (TPSA) is 78.4 Å². The number of rotatable bonds is 4. The maximum absolute atomic E-state index is 13.0. The van der Waals surface area contributed by atoms with Gasteiger partial charge >= 0.3 is 11.8 Å². The van der Waals surface area contributed by atoms with Gasteiger partial charge in [-0.15, -0.1) is 0 Å². The van der Waals surface area contributed by atoms with Gasteiger partial charge in [0.05, 0.1) is 12.6 Å². The maximum Gasteiger partial charge on any atom is 0.313 e. The third-order valence-corrected chi connectivity index (χ3v) is 2.70. The van der Waals surface area contributed by atoms with E-state index >= 15 is 0 Å². The molecule has 6 heteroatoms. The van der Waals surface area contributed by atoms with Gasteiger partial charge in [0.2, 0.25) is 0 Å². The predicted octanol–water partition coefficient (Wildman–Crippen LogP) is 0.960. The molecule has 1 aromatic carbocycles. The summed E-state index contributed by atoms with van der Waals surface area (Å²) in [6.45, 7) is 3.22. The first-order valence-corrected chi connectivity index (χ1v) is 5.96. The molecule has 0 saturated carbocycles. The van der Waals surface area contributed by atoms with Crippen molar-refractivity contribution in [2.24, 2.45) is 0 Å². The number of carbonyl (C=O) groups excluding carboxylic acids is 2. The quantitative estimate of drug-likeness (QED) is 0.712. The molecule has 5 nitrogen and oxygen atoms in total. The van der Waals surface area contributed by atoms with Crippen molar-refractivity contribution in [3.63, 3.8) is 0 Å². The van der Waals surface area contributed by atoms with Crippen molar-refractivity contribution in [3.8, 4) is 0 Å². The smallest absolute Gasteiger partial charge is 0.313 e. The van der Waals surface area contributed by atoms with E-state index < -0.39 is 23.7 Å². The minimum absolute atomic E-state index is 0.242.